The van der Waals surface area contributed by atoms with E-state index in [2.05, 4.69) is 0 Å². The van der Waals surface area contributed by atoms with Crippen LogP contribution in [-0.4, -0.2) is 15.7 Å². The van der Waals surface area contributed by atoms with E-state index in [0.29, 0.717) is 0 Å². The summed E-state index contributed by atoms with van der Waals surface area (Å²) in [6, 6.07) is 0. The summed E-state index contributed by atoms with van der Waals surface area (Å²) in [4.78, 5) is 0. The summed E-state index contributed by atoms with van der Waals surface area (Å²) in [5.74, 6) is 2.03. The van der Waals surface area contributed by atoms with Gasteiger partial charge in [0.05, 0.1) is 9.83 Å². The van der Waals surface area contributed by atoms with Gasteiger partial charge in [0.25, 0.3) is 0 Å². The van der Waals surface area contributed by atoms with Gasteiger partial charge in [-0.25, -0.2) is 4.21 Å². The Kier molecular flexibility index (Phi) is 2.19. The van der Waals surface area contributed by atoms with Crippen LogP contribution in [0.1, 0.15) is 12.8 Å². The Labute approximate surface area is 49.7 Å². The van der Waals surface area contributed by atoms with Crippen LogP contribution in [0.2, 0.25) is 0 Å². The van der Waals surface area contributed by atoms with Crippen molar-refractivity contribution in [3.8, 4) is 0 Å². The predicted molar refractivity (Wildman–Crippen MR) is 34.7 cm³/mol. The van der Waals surface area contributed by atoms with E-state index < -0.39 is 9.83 Å². The van der Waals surface area contributed by atoms with Crippen LogP contribution in [0.5, 0.6) is 0 Å². The minimum atomic E-state index is -0.524. The van der Waals surface area contributed by atoms with Crippen LogP contribution in [0.4, 0.5) is 0 Å². The van der Waals surface area contributed by atoms with Gasteiger partial charge in [-0.15, -0.1) is 0 Å². The third-order valence-corrected chi connectivity index (χ3v) is 4.05. The Morgan fingerprint density at radius 1 is 1.43 bits per heavy atom. The lowest BCUT2D eigenvalue weighted by atomic mass is 10.4. The van der Waals surface area contributed by atoms with Crippen LogP contribution >= 0.6 is 10.8 Å². The SMILES string of the molecule is O=[S@]1CCCCS1. The summed E-state index contributed by atoms with van der Waals surface area (Å²) < 4.78 is 10.5. The molecule has 1 fully saturated rings. The molecule has 1 aliphatic rings. The fourth-order valence-electron chi connectivity index (χ4n) is 0.533. The maximum absolute atomic E-state index is 10.5. The molecule has 0 aromatic carbocycles. The van der Waals surface area contributed by atoms with Crippen molar-refractivity contribution in [1.29, 1.82) is 0 Å². The van der Waals surface area contributed by atoms with Gasteiger partial charge in [-0.3, -0.25) is 0 Å². The van der Waals surface area contributed by atoms with Crippen molar-refractivity contribution in [1.82, 2.24) is 0 Å². The molecule has 1 aliphatic heterocycles. The van der Waals surface area contributed by atoms with E-state index in [1.165, 1.54) is 12.8 Å². The van der Waals surface area contributed by atoms with E-state index in [-0.39, 0.29) is 0 Å². The average Bonchev–Trinajstić information content (AvgIpc) is 1.69. The fraction of sp³-hybridized carbons (Fsp3) is 1.00. The Morgan fingerprint density at radius 3 is 2.57 bits per heavy atom. The van der Waals surface area contributed by atoms with E-state index in [9.17, 15) is 4.21 Å². The molecule has 7 heavy (non-hydrogen) atoms. The predicted octanol–water partition coefficient (Wildman–Crippen LogP) is 1.18. The zero-order valence-corrected chi connectivity index (χ0v) is 5.69. The minimum absolute atomic E-state index is 0.524. The maximum atomic E-state index is 10.5. The van der Waals surface area contributed by atoms with Gasteiger partial charge in [-0.2, -0.15) is 0 Å². The molecule has 1 atom stereocenters. The molecular weight excluding hydrogens is 128 g/mol. The van der Waals surface area contributed by atoms with Crippen LogP contribution in [-0.2, 0) is 9.83 Å². The molecular formula is C4H8OS2. The molecule has 0 unspecified atom stereocenters. The first-order valence-electron chi connectivity index (χ1n) is 2.41. The quantitative estimate of drug-likeness (QED) is 0.465. The summed E-state index contributed by atoms with van der Waals surface area (Å²) in [6.45, 7) is 0. The van der Waals surface area contributed by atoms with Gasteiger partial charge in [-0.1, -0.05) is 10.8 Å². The molecule has 0 bridgehead atoms. The molecule has 0 saturated carbocycles. The van der Waals surface area contributed by atoms with E-state index >= 15 is 0 Å². The Morgan fingerprint density at radius 2 is 2.29 bits per heavy atom. The van der Waals surface area contributed by atoms with Gasteiger partial charge in [-0.05, 0) is 12.8 Å². The molecule has 0 aromatic rings. The normalized spacial score (nSPS) is 32.9. The van der Waals surface area contributed by atoms with E-state index in [0.717, 1.165) is 11.5 Å². The van der Waals surface area contributed by atoms with Gasteiger partial charge in [0.2, 0.25) is 0 Å². The van der Waals surface area contributed by atoms with Gasteiger partial charge in [0.1, 0.15) is 0 Å². The highest BCUT2D eigenvalue weighted by molar-refractivity contribution is 8.69. The zero-order chi connectivity index (χ0) is 5.11. The number of hydrogen-bond acceptors (Lipinski definition) is 2. The van der Waals surface area contributed by atoms with Crippen LogP contribution in [0.3, 0.4) is 0 Å². The second-order valence-electron chi connectivity index (χ2n) is 1.54. The summed E-state index contributed by atoms with van der Waals surface area (Å²) in [6.07, 6.45) is 2.43. The monoisotopic (exact) mass is 136 g/mol. The second kappa shape index (κ2) is 2.72. The largest absolute Gasteiger partial charge is 0.248 e. The highest BCUT2D eigenvalue weighted by Gasteiger charge is 2.05. The minimum Gasteiger partial charge on any atom is -0.248 e. The van der Waals surface area contributed by atoms with Crippen molar-refractivity contribution >= 4 is 20.6 Å². The lowest BCUT2D eigenvalue weighted by molar-refractivity contribution is 0.687. The standard InChI is InChI=1S/C4H8OS2/c5-7-4-2-1-3-6-7/h1-4H2/t7-/m1/s1. The Balaban J connectivity index is 2.25. The number of rotatable bonds is 0. The lowest BCUT2D eigenvalue weighted by Gasteiger charge is -2.05. The average molecular weight is 136 g/mol. The molecule has 0 N–H and O–H groups in total. The highest BCUT2D eigenvalue weighted by atomic mass is 33.1. The summed E-state index contributed by atoms with van der Waals surface area (Å²) in [5.41, 5.74) is 0. The van der Waals surface area contributed by atoms with Gasteiger partial charge in [0, 0.05) is 11.5 Å². The maximum Gasteiger partial charge on any atom is 0.0803 e. The first-order valence-corrected chi connectivity index (χ1v) is 5.23. The molecule has 0 amide bonds. The molecule has 1 nitrogen and oxygen atoms in total. The second-order valence-corrected chi connectivity index (χ2v) is 5.02. The van der Waals surface area contributed by atoms with Crippen molar-refractivity contribution in [3.63, 3.8) is 0 Å². The first kappa shape index (κ1) is 5.63. The molecule has 1 heterocycles. The van der Waals surface area contributed by atoms with Crippen LogP contribution in [0, 0.1) is 0 Å². The molecule has 0 aromatic heterocycles. The van der Waals surface area contributed by atoms with E-state index in [1.54, 1.807) is 10.8 Å². The topological polar surface area (TPSA) is 17.1 Å². The summed E-state index contributed by atoms with van der Waals surface area (Å²) in [7, 11) is 1.07. The third-order valence-electron chi connectivity index (χ3n) is 0.920. The third kappa shape index (κ3) is 1.82. The van der Waals surface area contributed by atoms with Crippen molar-refractivity contribution in [3.05, 3.63) is 0 Å². The number of hydrogen-bond donors (Lipinski definition) is 0. The molecule has 3 heteroatoms. The zero-order valence-electron chi connectivity index (χ0n) is 4.05. The first-order chi connectivity index (χ1) is 3.39. The van der Waals surface area contributed by atoms with Gasteiger partial charge in [0.15, 0.2) is 0 Å². The van der Waals surface area contributed by atoms with Crippen LogP contribution in [0.25, 0.3) is 0 Å². The Hall–Kier alpha value is 0.500. The molecule has 0 aliphatic carbocycles. The van der Waals surface area contributed by atoms with Crippen LogP contribution < -0.4 is 0 Å². The van der Waals surface area contributed by atoms with Crippen LogP contribution in [0.15, 0.2) is 0 Å². The highest BCUT2D eigenvalue weighted by Crippen LogP contribution is 2.17. The smallest absolute Gasteiger partial charge is 0.0803 e. The summed E-state index contributed by atoms with van der Waals surface area (Å²) >= 11 is 0. The molecule has 0 spiro atoms. The van der Waals surface area contributed by atoms with E-state index in [1.807, 2.05) is 0 Å². The molecule has 1 saturated heterocycles. The van der Waals surface area contributed by atoms with Crippen molar-refractivity contribution in [2.75, 3.05) is 11.5 Å². The van der Waals surface area contributed by atoms with Crippen molar-refractivity contribution < 1.29 is 4.21 Å². The van der Waals surface area contributed by atoms with E-state index in [4.69, 9.17) is 0 Å². The van der Waals surface area contributed by atoms with Gasteiger partial charge < -0.3 is 0 Å². The fourth-order valence-corrected chi connectivity index (χ4v) is 3.22. The molecule has 1 rings (SSSR count). The van der Waals surface area contributed by atoms with Crippen molar-refractivity contribution in [2.24, 2.45) is 0 Å². The summed E-state index contributed by atoms with van der Waals surface area (Å²) in [5, 5.41) is 0. The van der Waals surface area contributed by atoms with Crippen molar-refractivity contribution in [2.45, 2.75) is 12.8 Å². The van der Waals surface area contributed by atoms with Gasteiger partial charge >= 0.3 is 0 Å². The lowest BCUT2D eigenvalue weighted by Crippen LogP contribution is -2.00. The molecule has 0 radical (unpaired) electrons. The Bertz CT molecular complexity index is 73.8. The molecule has 42 valence electrons.